The third-order valence-electron chi connectivity index (χ3n) is 3.81. The Bertz CT molecular complexity index is 462. The van der Waals surface area contributed by atoms with Gasteiger partial charge in [-0.2, -0.15) is 0 Å². The molecule has 1 aliphatic carbocycles. The number of hydrogen-bond acceptors (Lipinski definition) is 4. The van der Waals surface area contributed by atoms with Crippen LogP contribution in [0.2, 0.25) is 0 Å². The van der Waals surface area contributed by atoms with Gasteiger partial charge >= 0.3 is 5.69 Å². The van der Waals surface area contributed by atoms with E-state index in [2.05, 4.69) is 17.2 Å². The van der Waals surface area contributed by atoms with Crippen LogP contribution in [0.4, 0.5) is 11.5 Å². The van der Waals surface area contributed by atoms with Gasteiger partial charge in [0.15, 0.2) is 0 Å². The summed E-state index contributed by atoms with van der Waals surface area (Å²) in [7, 11) is 0. The Balaban J connectivity index is 2.13. The monoisotopic (exact) mass is 263 g/mol. The third kappa shape index (κ3) is 3.66. The average Bonchev–Trinajstić information content (AvgIpc) is 2.54. The minimum Gasteiger partial charge on any atom is -0.362 e. The molecular weight excluding hydrogens is 242 g/mol. The zero-order valence-electron chi connectivity index (χ0n) is 11.6. The number of hydrogen-bond donors (Lipinski definition) is 1. The van der Waals surface area contributed by atoms with Gasteiger partial charge in [-0.3, -0.25) is 10.1 Å². The first-order valence-electron chi connectivity index (χ1n) is 6.95. The Morgan fingerprint density at radius 1 is 1.32 bits per heavy atom. The van der Waals surface area contributed by atoms with E-state index in [0.717, 1.165) is 24.5 Å². The molecule has 0 spiro atoms. The van der Waals surface area contributed by atoms with Crippen LogP contribution in [0.15, 0.2) is 12.1 Å². The molecular formula is C14H21N3O2. The Morgan fingerprint density at radius 2 is 2.11 bits per heavy atom. The molecule has 0 aromatic carbocycles. The molecule has 1 fully saturated rings. The predicted octanol–water partition coefficient (Wildman–Crippen LogP) is 3.68. The largest absolute Gasteiger partial charge is 0.362 e. The van der Waals surface area contributed by atoms with Crippen molar-refractivity contribution in [2.45, 2.75) is 52.0 Å². The van der Waals surface area contributed by atoms with Crippen LogP contribution in [-0.2, 0) is 0 Å². The van der Waals surface area contributed by atoms with Gasteiger partial charge in [-0.15, -0.1) is 0 Å². The summed E-state index contributed by atoms with van der Waals surface area (Å²) in [6, 6.07) is 3.51. The van der Waals surface area contributed by atoms with Crippen molar-refractivity contribution in [2.75, 3.05) is 5.32 Å². The molecule has 2 unspecified atom stereocenters. The molecule has 2 rings (SSSR count). The van der Waals surface area contributed by atoms with E-state index in [9.17, 15) is 10.1 Å². The summed E-state index contributed by atoms with van der Waals surface area (Å²) >= 11 is 0. The number of nitro groups is 1. The van der Waals surface area contributed by atoms with E-state index in [1.54, 1.807) is 6.07 Å². The van der Waals surface area contributed by atoms with Crippen LogP contribution in [0.1, 0.15) is 44.7 Å². The lowest BCUT2D eigenvalue weighted by atomic mass is 10.0. The van der Waals surface area contributed by atoms with Gasteiger partial charge in [0.2, 0.25) is 5.82 Å². The van der Waals surface area contributed by atoms with Crippen molar-refractivity contribution in [1.82, 2.24) is 4.98 Å². The smallest absolute Gasteiger partial charge is 0.311 e. The lowest BCUT2D eigenvalue weighted by molar-refractivity contribution is -0.384. The second-order valence-corrected chi connectivity index (χ2v) is 5.53. The van der Waals surface area contributed by atoms with Gasteiger partial charge in [0.25, 0.3) is 0 Å². The Morgan fingerprint density at radius 3 is 2.84 bits per heavy atom. The van der Waals surface area contributed by atoms with E-state index < -0.39 is 0 Å². The molecule has 0 amide bonds. The Labute approximate surface area is 113 Å². The molecule has 1 saturated carbocycles. The van der Waals surface area contributed by atoms with E-state index in [4.69, 9.17) is 0 Å². The van der Waals surface area contributed by atoms with Crippen molar-refractivity contribution in [3.8, 4) is 0 Å². The zero-order valence-corrected chi connectivity index (χ0v) is 11.6. The summed E-state index contributed by atoms with van der Waals surface area (Å²) < 4.78 is 0. The van der Waals surface area contributed by atoms with E-state index >= 15 is 0 Å². The lowest BCUT2D eigenvalue weighted by Gasteiger charge is -2.17. The maximum absolute atomic E-state index is 11.0. The summed E-state index contributed by atoms with van der Waals surface area (Å²) in [5.41, 5.74) is 0.873. The minimum atomic E-state index is -0.367. The van der Waals surface area contributed by atoms with E-state index in [1.807, 2.05) is 6.92 Å². The highest BCUT2D eigenvalue weighted by Crippen LogP contribution is 2.28. The van der Waals surface area contributed by atoms with Crippen LogP contribution in [-0.4, -0.2) is 15.9 Å². The fourth-order valence-electron chi connectivity index (χ4n) is 2.63. The predicted molar refractivity (Wildman–Crippen MR) is 75.3 cm³/mol. The highest BCUT2D eigenvalue weighted by Gasteiger charge is 2.21. The summed E-state index contributed by atoms with van der Waals surface area (Å²) in [4.78, 5) is 14.9. The summed E-state index contributed by atoms with van der Waals surface area (Å²) in [5, 5.41) is 14.3. The van der Waals surface area contributed by atoms with Gasteiger partial charge < -0.3 is 5.32 Å². The fourth-order valence-corrected chi connectivity index (χ4v) is 2.63. The third-order valence-corrected chi connectivity index (χ3v) is 3.81. The first-order chi connectivity index (χ1) is 9.06. The number of pyridine rings is 1. The SMILES string of the molecule is Cc1ccc([N+](=O)[O-])c(NC2CCCC(C)CC2)n1. The van der Waals surface area contributed by atoms with Crippen LogP contribution >= 0.6 is 0 Å². The standard InChI is InChI=1S/C14H21N3O2/c1-10-4-3-5-12(8-6-10)16-14-13(17(18)19)9-7-11(2)15-14/h7,9-10,12H,3-6,8H2,1-2H3,(H,15,16). The number of aryl methyl sites for hydroxylation is 1. The molecule has 1 heterocycles. The molecule has 19 heavy (non-hydrogen) atoms. The van der Waals surface area contributed by atoms with Crippen molar-refractivity contribution in [2.24, 2.45) is 5.92 Å². The van der Waals surface area contributed by atoms with E-state index in [0.29, 0.717) is 11.9 Å². The second-order valence-electron chi connectivity index (χ2n) is 5.53. The van der Waals surface area contributed by atoms with Crippen molar-refractivity contribution in [3.63, 3.8) is 0 Å². The van der Waals surface area contributed by atoms with Gasteiger partial charge in [0.1, 0.15) is 0 Å². The highest BCUT2D eigenvalue weighted by atomic mass is 16.6. The van der Waals surface area contributed by atoms with Crippen molar-refractivity contribution in [1.29, 1.82) is 0 Å². The molecule has 0 aliphatic heterocycles. The second kappa shape index (κ2) is 5.99. The van der Waals surface area contributed by atoms with Gasteiger partial charge in [-0.1, -0.05) is 19.8 Å². The highest BCUT2D eigenvalue weighted by molar-refractivity contribution is 5.56. The normalized spacial score (nSPS) is 23.7. The summed E-state index contributed by atoms with van der Waals surface area (Å²) in [6.45, 7) is 4.12. The maximum atomic E-state index is 11.0. The molecule has 104 valence electrons. The molecule has 0 radical (unpaired) electrons. The first-order valence-corrected chi connectivity index (χ1v) is 6.95. The molecule has 1 aliphatic rings. The molecule has 1 N–H and O–H groups in total. The maximum Gasteiger partial charge on any atom is 0.311 e. The number of rotatable bonds is 3. The van der Waals surface area contributed by atoms with E-state index in [1.165, 1.54) is 25.3 Å². The van der Waals surface area contributed by atoms with Crippen LogP contribution in [0.5, 0.6) is 0 Å². The van der Waals surface area contributed by atoms with Gasteiger partial charge in [0, 0.05) is 17.8 Å². The minimum absolute atomic E-state index is 0.0721. The lowest BCUT2D eigenvalue weighted by Crippen LogP contribution is -2.20. The average molecular weight is 263 g/mol. The van der Waals surface area contributed by atoms with Crippen LogP contribution < -0.4 is 5.32 Å². The summed E-state index contributed by atoms with van der Waals surface area (Å²) in [5.74, 6) is 1.18. The molecule has 2 atom stereocenters. The molecule has 5 heteroatoms. The van der Waals surface area contributed by atoms with Crippen LogP contribution in [0, 0.1) is 23.0 Å². The topological polar surface area (TPSA) is 68.1 Å². The number of aromatic nitrogens is 1. The number of anilines is 1. The Hall–Kier alpha value is -1.65. The van der Waals surface area contributed by atoms with Gasteiger partial charge in [0.05, 0.1) is 4.92 Å². The quantitative estimate of drug-likeness (QED) is 0.513. The Kier molecular flexibility index (Phi) is 4.35. The number of nitrogens with zero attached hydrogens (tertiary/aromatic N) is 2. The number of nitrogens with one attached hydrogen (secondary N) is 1. The van der Waals surface area contributed by atoms with Crippen molar-refractivity contribution in [3.05, 3.63) is 27.9 Å². The van der Waals surface area contributed by atoms with Crippen molar-refractivity contribution >= 4 is 11.5 Å². The zero-order chi connectivity index (χ0) is 13.8. The van der Waals surface area contributed by atoms with Crippen LogP contribution in [0.3, 0.4) is 0 Å². The first kappa shape index (κ1) is 13.8. The van der Waals surface area contributed by atoms with E-state index in [-0.39, 0.29) is 10.6 Å². The van der Waals surface area contributed by atoms with Gasteiger partial charge in [-0.25, -0.2) is 4.98 Å². The summed E-state index contributed by atoms with van der Waals surface area (Å²) in [6.07, 6.45) is 5.74. The molecule has 1 aromatic heterocycles. The van der Waals surface area contributed by atoms with Gasteiger partial charge in [-0.05, 0) is 38.2 Å². The van der Waals surface area contributed by atoms with Crippen molar-refractivity contribution < 1.29 is 4.92 Å². The molecule has 0 saturated heterocycles. The fraction of sp³-hybridized carbons (Fsp3) is 0.643. The molecule has 0 bridgehead atoms. The molecule has 1 aromatic rings. The molecule has 5 nitrogen and oxygen atoms in total. The van der Waals surface area contributed by atoms with Crippen LogP contribution in [0.25, 0.3) is 0 Å².